The van der Waals surface area contributed by atoms with Crippen molar-refractivity contribution in [3.63, 3.8) is 0 Å². The zero-order valence-electron chi connectivity index (χ0n) is 17.4. The van der Waals surface area contributed by atoms with Gasteiger partial charge in [0.2, 0.25) is 0 Å². The molecule has 2 N–H and O–H groups in total. The largest absolute Gasteiger partial charge is 0.491 e. The number of benzene rings is 2. The smallest absolute Gasteiger partial charge is 0.404 e. The summed E-state index contributed by atoms with van der Waals surface area (Å²) in [5.41, 5.74) is 4.68. The van der Waals surface area contributed by atoms with Crippen LogP contribution in [0.3, 0.4) is 0 Å². The molecular weight excluding hydrogens is 416 g/mol. The molecule has 0 radical (unpaired) electrons. The van der Waals surface area contributed by atoms with E-state index in [9.17, 15) is 4.79 Å². The fourth-order valence-corrected chi connectivity index (χ4v) is 3.86. The predicted molar refractivity (Wildman–Crippen MR) is 123 cm³/mol. The van der Waals surface area contributed by atoms with Gasteiger partial charge in [0.25, 0.3) is 0 Å². The van der Waals surface area contributed by atoms with Gasteiger partial charge in [-0.15, -0.1) is 6.42 Å². The minimum atomic E-state index is -0.991. The van der Waals surface area contributed by atoms with E-state index >= 15 is 0 Å². The summed E-state index contributed by atoms with van der Waals surface area (Å²) in [6.07, 6.45) is 7.59. The number of anilines is 2. The molecule has 0 saturated carbocycles. The van der Waals surface area contributed by atoms with Crippen molar-refractivity contribution in [2.45, 2.75) is 25.7 Å². The monoisotopic (exact) mass is 442 g/mol. The molecule has 2 aromatic carbocycles. The number of unbranched alkanes of at least 4 members (excludes halogenated alkanes) is 1. The van der Waals surface area contributed by atoms with E-state index in [1.54, 1.807) is 0 Å². The molecule has 0 fully saturated rings. The van der Waals surface area contributed by atoms with Crippen LogP contribution >= 0.6 is 11.6 Å². The molecule has 1 aliphatic rings. The van der Waals surface area contributed by atoms with Crippen LogP contribution < -0.4 is 15.0 Å². The van der Waals surface area contributed by atoms with Crippen LogP contribution in [0.2, 0.25) is 5.02 Å². The number of terminal acetylenes is 1. The summed E-state index contributed by atoms with van der Waals surface area (Å²) in [6.45, 7) is 2.37. The molecule has 0 saturated heterocycles. The Kier molecular flexibility index (Phi) is 8.45. The number of carbonyl (C=O) groups is 1. The third-order valence-corrected chi connectivity index (χ3v) is 5.35. The van der Waals surface area contributed by atoms with Crippen LogP contribution in [0.25, 0.3) is 0 Å². The Hall–Kier alpha value is -2.88. The fourth-order valence-electron chi connectivity index (χ4n) is 3.69. The van der Waals surface area contributed by atoms with Crippen molar-refractivity contribution in [3.05, 3.63) is 52.5 Å². The van der Waals surface area contributed by atoms with Gasteiger partial charge in [0.15, 0.2) is 0 Å². The maximum absolute atomic E-state index is 10.7. The van der Waals surface area contributed by atoms with Crippen molar-refractivity contribution < 1.29 is 19.4 Å². The predicted octanol–water partition coefficient (Wildman–Crippen LogP) is 4.65. The van der Waals surface area contributed by atoms with E-state index in [1.165, 1.54) is 11.1 Å². The summed E-state index contributed by atoms with van der Waals surface area (Å²) in [5.74, 6) is 3.24. The van der Waals surface area contributed by atoms with Gasteiger partial charge < -0.3 is 24.8 Å². The number of nitrogens with one attached hydrogen (secondary N) is 1. The van der Waals surface area contributed by atoms with E-state index < -0.39 is 6.09 Å². The minimum absolute atomic E-state index is 0.283. The van der Waals surface area contributed by atoms with Crippen LogP contribution in [0.1, 0.15) is 24.0 Å². The Morgan fingerprint density at radius 3 is 2.77 bits per heavy atom. The van der Waals surface area contributed by atoms with Crippen molar-refractivity contribution in [3.8, 4) is 18.1 Å². The van der Waals surface area contributed by atoms with E-state index in [-0.39, 0.29) is 6.61 Å². The number of hydrogen-bond donors (Lipinski definition) is 2. The third-order valence-electron chi connectivity index (χ3n) is 5.11. The van der Waals surface area contributed by atoms with Gasteiger partial charge in [-0.25, -0.2) is 4.79 Å². The molecule has 6 nitrogen and oxygen atoms in total. The minimum Gasteiger partial charge on any atom is -0.491 e. The standard InChI is InChI=1S/C24H27ClN2O4/c1-2-13-30-14-15-31-21-9-10-22-19(16-21)6-5-18-7-8-20(25)17-23(18)27(22)12-4-3-11-26-24(28)29/h1,7-10,16-17,26H,3-6,11-15H2,(H,28,29). The highest BCUT2D eigenvalue weighted by molar-refractivity contribution is 6.30. The van der Waals surface area contributed by atoms with Gasteiger partial charge in [0.1, 0.15) is 19.0 Å². The molecule has 31 heavy (non-hydrogen) atoms. The lowest BCUT2D eigenvalue weighted by Crippen LogP contribution is -2.24. The summed E-state index contributed by atoms with van der Waals surface area (Å²) in [4.78, 5) is 13.0. The highest BCUT2D eigenvalue weighted by Gasteiger charge is 2.21. The second-order valence-corrected chi connectivity index (χ2v) is 7.70. The highest BCUT2D eigenvalue weighted by Crippen LogP contribution is 2.39. The molecule has 164 valence electrons. The third kappa shape index (κ3) is 6.55. The highest BCUT2D eigenvalue weighted by atomic mass is 35.5. The average Bonchev–Trinajstić information content (AvgIpc) is 2.89. The molecule has 1 amide bonds. The van der Waals surface area contributed by atoms with E-state index in [4.69, 9.17) is 32.6 Å². The molecule has 0 unspecified atom stereocenters. The van der Waals surface area contributed by atoms with Crippen LogP contribution in [0, 0.1) is 12.3 Å². The zero-order chi connectivity index (χ0) is 22.1. The number of fused-ring (bicyclic) bond motifs is 2. The van der Waals surface area contributed by atoms with Gasteiger partial charge in [-0.1, -0.05) is 23.6 Å². The number of carboxylic acid groups (broad SMARTS) is 1. The lowest BCUT2D eigenvalue weighted by atomic mass is 10.0. The molecule has 0 spiro atoms. The molecule has 1 aliphatic heterocycles. The van der Waals surface area contributed by atoms with Gasteiger partial charge >= 0.3 is 6.09 Å². The molecule has 1 heterocycles. The first-order valence-corrected chi connectivity index (χ1v) is 10.8. The molecule has 0 aromatic heterocycles. The molecule has 0 bridgehead atoms. The second-order valence-electron chi connectivity index (χ2n) is 7.26. The SMILES string of the molecule is C#CCOCCOc1ccc2c(c1)CCc1ccc(Cl)cc1N2CCCCNC(=O)O. The number of halogens is 1. The van der Waals surface area contributed by atoms with E-state index in [1.807, 2.05) is 18.2 Å². The Balaban J connectivity index is 1.75. The van der Waals surface area contributed by atoms with Crippen molar-refractivity contribution in [2.75, 3.05) is 37.8 Å². The number of rotatable bonds is 10. The average molecular weight is 443 g/mol. The molecule has 3 rings (SSSR count). The fraction of sp³-hybridized carbons (Fsp3) is 0.375. The summed E-state index contributed by atoms with van der Waals surface area (Å²) in [5, 5.41) is 11.9. The second kappa shape index (κ2) is 11.5. The summed E-state index contributed by atoms with van der Waals surface area (Å²) in [6, 6.07) is 12.2. The van der Waals surface area contributed by atoms with Gasteiger partial charge in [-0.3, -0.25) is 0 Å². The molecule has 0 aliphatic carbocycles. The maximum atomic E-state index is 10.7. The Morgan fingerprint density at radius 1 is 1.13 bits per heavy atom. The van der Waals surface area contributed by atoms with Crippen LogP contribution in [0.15, 0.2) is 36.4 Å². The molecule has 7 heteroatoms. The molecule has 0 atom stereocenters. The Labute approximate surface area is 188 Å². The molecular formula is C24H27ClN2O4. The number of hydrogen-bond acceptors (Lipinski definition) is 4. The number of aryl methyl sites for hydroxylation is 2. The quantitative estimate of drug-likeness (QED) is 0.414. The van der Waals surface area contributed by atoms with Crippen molar-refractivity contribution in [1.82, 2.24) is 5.32 Å². The summed E-state index contributed by atoms with van der Waals surface area (Å²) >= 11 is 6.31. The zero-order valence-corrected chi connectivity index (χ0v) is 18.2. The lowest BCUT2D eigenvalue weighted by Gasteiger charge is -2.27. The topological polar surface area (TPSA) is 71.0 Å². The number of ether oxygens (including phenoxy) is 2. The normalized spacial score (nSPS) is 12.3. The van der Waals surface area contributed by atoms with E-state index in [0.29, 0.717) is 24.8 Å². The maximum Gasteiger partial charge on any atom is 0.404 e. The summed E-state index contributed by atoms with van der Waals surface area (Å²) in [7, 11) is 0. The first-order valence-electron chi connectivity index (χ1n) is 10.4. The van der Waals surface area contributed by atoms with Gasteiger partial charge in [0, 0.05) is 29.5 Å². The number of nitrogens with zero attached hydrogens (tertiary/aromatic N) is 1. The van der Waals surface area contributed by atoms with Crippen molar-refractivity contribution in [1.29, 1.82) is 0 Å². The van der Waals surface area contributed by atoms with Crippen LogP contribution in [-0.4, -0.2) is 44.1 Å². The molecule has 2 aromatic rings. The van der Waals surface area contributed by atoms with Crippen LogP contribution in [-0.2, 0) is 17.6 Å². The number of amides is 1. The Bertz CT molecular complexity index is 942. The van der Waals surface area contributed by atoms with Gasteiger partial charge in [-0.2, -0.15) is 0 Å². The van der Waals surface area contributed by atoms with E-state index in [0.717, 1.165) is 49.4 Å². The van der Waals surface area contributed by atoms with E-state index in [2.05, 4.69) is 34.3 Å². The van der Waals surface area contributed by atoms with Crippen LogP contribution in [0.5, 0.6) is 5.75 Å². The first kappa shape index (κ1) is 22.8. The Morgan fingerprint density at radius 2 is 1.97 bits per heavy atom. The van der Waals surface area contributed by atoms with Gasteiger partial charge in [-0.05, 0) is 67.1 Å². The lowest BCUT2D eigenvalue weighted by molar-refractivity contribution is 0.124. The first-order chi connectivity index (χ1) is 15.1. The summed E-state index contributed by atoms with van der Waals surface area (Å²) < 4.78 is 11.1. The van der Waals surface area contributed by atoms with Crippen molar-refractivity contribution >= 4 is 29.1 Å². The van der Waals surface area contributed by atoms with Gasteiger partial charge in [0.05, 0.1) is 6.61 Å². The van der Waals surface area contributed by atoms with Crippen molar-refractivity contribution in [2.24, 2.45) is 0 Å². The van der Waals surface area contributed by atoms with Crippen LogP contribution in [0.4, 0.5) is 16.2 Å².